The van der Waals surface area contributed by atoms with E-state index < -0.39 is 0 Å². The second-order valence-electron chi connectivity index (χ2n) is 4.90. The second kappa shape index (κ2) is 5.67. The third kappa shape index (κ3) is 2.85. The average Bonchev–Trinajstić information content (AvgIpc) is 2.46. The molecule has 1 unspecified atom stereocenters. The highest BCUT2D eigenvalue weighted by Gasteiger charge is 2.24. The molecule has 1 amide bonds. The van der Waals surface area contributed by atoms with Gasteiger partial charge < -0.3 is 10.6 Å². The Morgan fingerprint density at radius 1 is 1.05 bits per heavy atom. The molecule has 2 N–H and O–H groups in total. The lowest BCUT2D eigenvalue weighted by Crippen LogP contribution is -2.39. The van der Waals surface area contributed by atoms with E-state index in [9.17, 15) is 4.79 Å². The summed E-state index contributed by atoms with van der Waals surface area (Å²) in [4.78, 5) is 12.1. The first-order valence-corrected chi connectivity index (χ1v) is 7.42. The highest BCUT2D eigenvalue weighted by molar-refractivity contribution is 9.10. The first kappa shape index (κ1) is 13.2. The van der Waals surface area contributed by atoms with E-state index in [0.29, 0.717) is 0 Å². The van der Waals surface area contributed by atoms with Crippen LogP contribution in [0.5, 0.6) is 0 Å². The average molecular weight is 331 g/mol. The fourth-order valence-corrected chi connectivity index (χ4v) is 2.74. The maximum atomic E-state index is 12.1. The standard InChI is InChI=1S/C16H15BrN2O/c17-12-7-9-13-15(10-12)19-16(20)14(18-13)8-6-11-4-2-1-3-5-11/h1-5,7,9-10,14,18H,6,8H2,(H,19,20). The summed E-state index contributed by atoms with van der Waals surface area (Å²) in [5.74, 6) is 0.0338. The molecule has 0 spiro atoms. The van der Waals surface area contributed by atoms with Crippen LogP contribution in [0.15, 0.2) is 53.0 Å². The normalized spacial score (nSPS) is 17.1. The SMILES string of the molecule is O=C1Nc2cc(Br)ccc2NC1CCc1ccccc1. The molecule has 20 heavy (non-hydrogen) atoms. The van der Waals surface area contributed by atoms with E-state index in [-0.39, 0.29) is 11.9 Å². The van der Waals surface area contributed by atoms with Crippen molar-refractivity contribution in [1.82, 2.24) is 0 Å². The number of anilines is 2. The van der Waals surface area contributed by atoms with Crippen LogP contribution in [0.1, 0.15) is 12.0 Å². The predicted octanol–water partition coefficient (Wildman–Crippen LogP) is 3.81. The second-order valence-corrected chi connectivity index (χ2v) is 5.82. The quantitative estimate of drug-likeness (QED) is 0.898. The van der Waals surface area contributed by atoms with Crippen molar-refractivity contribution in [3.05, 3.63) is 58.6 Å². The number of nitrogens with one attached hydrogen (secondary N) is 2. The lowest BCUT2D eigenvalue weighted by molar-refractivity contribution is -0.117. The highest BCUT2D eigenvalue weighted by atomic mass is 79.9. The van der Waals surface area contributed by atoms with Crippen LogP contribution in [0.3, 0.4) is 0 Å². The summed E-state index contributed by atoms with van der Waals surface area (Å²) in [7, 11) is 0. The molecule has 0 fully saturated rings. The van der Waals surface area contributed by atoms with Gasteiger partial charge in [0.25, 0.3) is 0 Å². The summed E-state index contributed by atoms with van der Waals surface area (Å²) < 4.78 is 0.959. The fourth-order valence-electron chi connectivity index (χ4n) is 2.38. The van der Waals surface area contributed by atoms with Crippen LogP contribution in [0.25, 0.3) is 0 Å². The Hall–Kier alpha value is -1.81. The minimum absolute atomic E-state index is 0.0338. The molecule has 1 atom stereocenters. The van der Waals surface area contributed by atoms with Crippen LogP contribution in [0.4, 0.5) is 11.4 Å². The Labute approximate surface area is 126 Å². The largest absolute Gasteiger partial charge is 0.372 e. The number of carbonyl (C=O) groups is 1. The monoisotopic (exact) mass is 330 g/mol. The van der Waals surface area contributed by atoms with Gasteiger partial charge in [-0.25, -0.2) is 0 Å². The van der Waals surface area contributed by atoms with Gasteiger partial charge in [0, 0.05) is 4.47 Å². The number of hydrogen-bond donors (Lipinski definition) is 2. The van der Waals surface area contributed by atoms with Crippen LogP contribution in [-0.4, -0.2) is 11.9 Å². The van der Waals surface area contributed by atoms with Gasteiger partial charge in [0.1, 0.15) is 6.04 Å². The Kier molecular flexibility index (Phi) is 3.74. The number of carbonyl (C=O) groups excluding carboxylic acids is 1. The molecule has 3 rings (SSSR count). The van der Waals surface area contributed by atoms with Crippen LogP contribution < -0.4 is 10.6 Å². The van der Waals surface area contributed by atoms with Gasteiger partial charge in [-0.3, -0.25) is 4.79 Å². The number of aryl methyl sites for hydroxylation is 1. The Balaban J connectivity index is 1.70. The molecule has 1 aliphatic heterocycles. The van der Waals surface area contributed by atoms with Crippen molar-refractivity contribution in [3.63, 3.8) is 0 Å². The maximum absolute atomic E-state index is 12.1. The minimum Gasteiger partial charge on any atom is -0.372 e. The Bertz CT molecular complexity index is 628. The number of amides is 1. The van der Waals surface area contributed by atoms with Gasteiger partial charge in [0.2, 0.25) is 5.91 Å². The molecule has 4 heteroatoms. The molecule has 2 aromatic carbocycles. The molecule has 0 aromatic heterocycles. The first-order valence-electron chi connectivity index (χ1n) is 6.63. The summed E-state index contributed by atoms with van der Waals surface area (Å²) in [5, 5.41) is 6.27. The molecule has 2 aromatic rings. The topological polar surface area (TPSA) is 41.1 Å². The lowest BCUT2D eigenvalue weighted by atomic mass is 10.0. The number of benzene rings is 2. The zero-order chi connectivity index (χ0) is 13.9. The molecular weight excluding hydrogens is 316 g/mol. The van der Waals surface area contributed by atoms with Crippen LogP contribution >= 0.6 is 15.9 Å². The van der Waals surface area contributed by atoms with Gasteiger partial charge in [-0.2, -0.15) is 0 Å². The predicted molar refractivity (Wildman–Crippen MR) is 84.9 cm³/mol. The molecule has 0 radical (unpaired) electrons. The van der Waals surface area contributed by atoms with E-state index >= 15 is 0 Å². The number of rotatable bonds is 3. The van der Waals surface area contributed by atoms with Gasteiger partial charge >= 0.3 is 0 Å². The first-order chi connectivity index (χ1) is 9.72. The molecule has 102 valence electrons. The van der Waals surface area contributed by atoms with Crippen molar-refractivity contribution >= 4 is 33.2 Å². The van der Waals surface area contributed by atoms with Crippen LogP contribution in [0, 0.1) is 0 Å². The molecule has 3 nitrogen and oxygen atoms in total. The van der Waals surface area contributed by atoms with E-state index in [2.05, 4.69) is 38.7 Å². The van der Waals surface area contributed by atoms with E-state index in [1.54, 1.807) is 0 Å². The van der Waals surface area contributed by atoms with E-state index in [1.807, 2.05) is 36.4 Å². The lowest BCUT2D eigenvalue weighted by Gasteiger charge is -2.27. The highest BCUT2D eigenvalue weighted by Crippen LogP contribution is 2.30. The van der Waals surface area contributed by atoms with Crippen molar-refractivity contribution in [2.75, 3.05) is 10.6 Å². The molecule has 1 aliphatic rings. The molecule has 0 aliphatic carbocycles. The maximum Gasteiger partial charge on any atom is 0.246 e. The Morgan fingerprint density at radius 3 is 2.65 bits per heavy atom. The number of hydrogen-bond acceptors (Lipinski definition) is 2. The zero-order valence-electron chi connectivity index (χ0n) is 10.9. The summed E-state index contributed by atoms with van der Waals surface area (Å²) >= 11 is 3.41. The molecule has 1 heterocycles. The van der Waals surface area contributed by atoms with Gasteiger partial charge in [-0.05, 0) is 36.6 Å². The number of halogens is 1. The van der Waals surface area contributed by atoms with Crippen LogP contribution in [-0.2, 0) is 11.2 Å². The molecule has 0 bridgehead atoms. The van der Waals surface area contributed by atoms with Gasteiger partial charge in [-0.1, -0.05) is 46.3 Å². The summed E-state index contributed by atoms with van der Waals surface area (Å²) in [5.41, 5.74) is 3.06. The minimum atomic E-state index is -0.177. The zero-order valence-corrected chi connectivity index (χ0v) is 12.5. The third-order valence-corrected chi connectivity index (χ3v) is 3.94. The molecule has 0 saturated carbocycles. The summed E-state index contributed by atoms with van der Waals surface area (Å²) in [6.45, 7) is 0. The van der Waals surface area contributed by atoms with Crippen molar-refractivity contribution in [3.8, 4) is 0 Å². The van der Waals surface area contributed by atoms with E-state index in [0.717, 1.165) is 28.7 Å². The van der Waals surface area contributed by atoms with E-state index in [1.165, 1.54) is 5.56 Å². The summed E-state index contributed by atoms with van der Waals surface area (Å²) in [6.07, 6.45) is 1.67. The molecule has 0 saturated heterocycles. The van der Waals surface area contributed by atoms with Crippen molar-refractivity contribution in [1.29, 1.82) is 0 Å². The molecular formula is C16H15BrN2O. The number of fused-ring (bicyclic) bond motifs is 1. The van der Waals surface area contributed by atoms with E-state index in [4.69, 9.17) is 0 Å². The van der Waals surface area contributed by atoms with Gasteiger partial charge in [0.05, 0.1) is 11.4 Å². The summed E-state index contributed by atoms with van der Waals surface area (Å²) in [6, 6.07) is 15.9. The smallest absolute Gasteiger partial charge is 0.246 e. The van der Waals surface area contributed by atoms with Gasteiger partial charge in [-0.15, -0.1) is 0 Å². The Morgan fingerprint density at radius 2 is 1.85 bits per heavy atom. The van der Waals surface area contributed by atoms with Crippen molar-refractivity contribution in [2.24, 2.45) is 0 Å². The van der Waals surface area contributed by atoms with Crippen LogP contribution in [0.2, 0.25) is 0 Å². The van der Waals surface area contributed by atoms with Gasteiger partial charge in [0.15, 0.2) is 0 Å². The fraction of sp³-hybridized carbons (Fsp3) is 0.188. The third-order valence-electron chi connectivity index (χ3n) is 3.45. The van der Waals surface area contributed by atoms with Crippen molar-refractivity contribution in [2.45, 2.75) is 18.9 Å². The van der Waals surface area contributed by atoms with Crippen molar-refractivity contribution < 1.29 is 4.79 Å².